The molecule has 0 atom stereocenters. The Bertz CT molecular complexity index is 224. The summed E-state index contributed by atoms with van der Waals surface area (Å²) in [5.41, 5.74) is -0.587. The normalized spacial score (nSPS) is 31.1. The van der Waals surface area contributed by atoms with Crippen molar-refractivity contribution >= 4 is 5.78 Å². The largest absolute Gasteiger partial charge is 0.361 e. The fourth-order valence-electron chi connectivity index (χ4n) is 2.61. The molecule has 2 nitrogen and oxygen atoms in total. The standard InChI is InChI=1S/C11H18O2/c1-10(2)9(12)8-11(13-10)6-4-3-5-7-11/h3-8H2,1-2H3. The minimum atomic E-state index is -0.517. The molecule has 0 aromatic heterocycles. The minimum absolute atomic E-state index is 0.0706. The van der Waals surface area contributed by atoms with Crippen molar-refractivity contribution < 1.29 is 9.53 Å². The lowest BCUT2D eigenvalue weighted by Crippen LogP contribution is -2.34. The monoisotopic (exact) mass is 182 g/mol. The van der Waals surface area contributed by atoms with Gasteiger partial charge in [-0.1, -0.05) is 19.3 Å². The fourth-order valence-corrected chi connectivity index (χ4v) is 2.61. The lowest BCUT2D eigenvalue weighted by molar-refractivity contribution is -0.136. The van der Waals surface area contributed by atoms with Crippen molar-refractivity contribution in [3.05, 3.63) is 0 Å². The van der Waals surface area contributed by atoms with Crippen LogP contribution in [-0.4, -0.2) is 17.0 Å². The average molecular weight is 182 g/mol. The van der Waals surface area contributed by atoms with Crippen LogP contribution in [0.15, 0.2) is 0 Å². The van der Waals surface area contributed by atoms with Gasteiger partial charge < -0.3 is 4.74 Å². The van der Waals surface area contributed by atoms with Crippen molar-refractivity contribution in [1.82, 2.24) is 0 Å². The predicted octanol–water partition coefficient (Wildman–Crippen LogP) is 2.46. The molecule has 13 heavy (non-hydrogen) atoms. The molecule has 1 heterocycles. The lowest BCUT2D eigenvalue weighted by Gasteiger charge is -2.33. The molecule has 2 rings (SSSR count). The van der Waals surface area contributed by atoms with Gasteiger partial charge >= 0.3 is 0 Å². The number of hydrogen-bond acceptors (Lipinski definition) is 2. The summed E-state index contributed by atoms with van der Waals surface area (Å²) in [5.74, 6) is 0.286. The third-order valence-electron chi connectivity index (χ3n) is 3.39. The molecule has 2 fully saturated rings. The van der Waals surface area contributed by atoms with Crippen LogP contribution in [0.25, 0.3) is 0 Å². The number of ether oxygens (including phenoxy) is 1. The second-order valence-corrected chi connectivity index (χ2v) is 4.96. The van der Waals surface area contributed by atoms with Gasteiger partial charge in [0, 0.05) is 6.42 Å². The molecule has 0 unspecified atom stereocenters. The van der Waals surface area contributed by atoms with Crippen LogP contribution in [0.3, 0.4) is 0 Å². The fraction of sp³-hybridized carbons (Fsp3) is 0.909. The molecule has 1 saturated carbocycles. The Balaban J connectivity index is 2.14. The number of carbonyl (C=O) groups is 1. The highest BCUT2D eigenvalue weighted by Gasteiger charge is 2.50. The van der Waals surface area contributed by atoms with E-state index in [1.807, 2.05) is 13.8 Å². The van der Waals surface area contributed by atoms with Gasteiger partial charge in [-0.2, -0.15) is 0 Å². The van der Waals surface area contributed by atoms with Gasteiger partial charge in [0.05, 0.1) is 5.60 Å². The summed E-state index contributed by atoms with van der Waals surface area (Å²) in [7, 11) is 0. The Kier molecular flexibility index (Phi) is 1.99. The van der Waals surface area contributed by atoms with Crippen molar-refractivity contribution in [2.75, 3.05) is 0 Å². The summed E-state index contributed by atoms with van der Waals surface area (Å²) >= 11 is 0. The van der Waals surface area contributed by atoms with Crippen LogP contribution in [0.1, 0.15) is 52.4 Å². The van der Waals surface area contributed by atoms with E-state index >= 15 is 0 Å². The number of rotatable bonds is 0. The van der Waals surface area contributed by atoms with E-state index < -0.39 is 5.60 Å². The molecule has 1 aliphatic heterocycles. The van der Waals surface area contributed by atoms with E-state index in [0.717, 1.165) is 12.8 Å². The number of ketones is 1. The first-order chi connectivity index (χ1) is 6.04. The quantitative estimate of drug-likeness (QED) is 0.575. The van der Waals surface area contributed by atoms with E-state index in [-0.39, 0.29) is 11.4 Å². The Labute approximate surface area is 79.7 Å². The van der Waals surface area contributed by atoms with Crippen molar-refractivity contribution in [1.29, 1.82) is 0 Å². The van der Waals surface area contributed by atoms with Crippen LogP contribution in [0.4, 0.5) is 0 Å². The van der Waals surface area contributed by atoms with Crippen molar-refractivity contribution in [3.8, 4) is 0 Å². The third kappa shape index (κ3) is 1.52. The molecule has 0 aromatic carbocycles. The number of hydrogen-bond donors (Lipinski definition) is 0. The highest BCUT2D eigenvalue weighted by molar-refractivity contribution is 5.89. The second-order valence-electron chi connectivity index (χ2n) is 4.96. The predicted molar refractivity (Wildman–Crippen MR) is 50.6 cm³/mol. The van der Waals surface area contributed by atoms with Gasteiger partial charge in [-0.3, -0.25) is 4.79 Å². The Hall–Kier alpha value is -0.370. The van der Waals surface area contributed by atoms with Crippen LogP contribution >= 0.6 is 0 Å². The number of carbonyl (C=O) groups excluding carboxylic acids is 1. The smallest absolute Gasteiger partial charge is 0.166 e. The number of Topliss-reactive ketones (excluding diaryl/α,β-unsaturated/α-hetero) is 1. The van der Waals surface area contributed by atoms with Crippen molar-refractivity contribution in [2.45, 2.75) is 63.6 Å². The molecule has 0 amide bonds. The molecule has 0 N–H and O–H groups in total. The maximum Gasteiger partial charge on any atom is 0.166 e. The zero-order valence-corrected chi connectivity index (χ0v) is 8.56. The highest BCUT2D eigenvalue weighted by Crippen LogP contribution is 2.43. The van der Waals surface area contributed by atoms with Crippen LogP contribution in [0.5, 0.6) is 0 Å². The van der Waals surface area contributed by atoms with E-state index in [4.69, 9.17) is 4.74 Å². The summed E-state index contributed by atoms with van der Waals surface area (Å²) in [6.45, 7) is 3.80. The maximum atomic E-state index is 11.6. The molecule has 0 radical (unpaired) electrons. The summed E-state index contributed by atoms with van der Waals surface area (Å²) in [4.78, 5) is 11.6. The molecule has 0 bridgehead atoms. The van der Waals surface area contributed by atoms with Crippen LogP contribution < -0.4 is 0 Å². The van der Waals surface area contributed by atoms with E-state index in [0.29, 0.717) is 6.42 Å². The molecule has 74 valence electrons. The Morgan fingerprint density at radius 1 is 1.15 bits per heavy atom. The van der Waals surface area contributed by atoms with E-state index in [2.05, 4.69) is 0 Å². The van der Waals surface area contributed by atoms with Gasteiger partial charge in [0.1, 0.15) is 5.60 Å². The molecule has 1 saturated heterocycles. The van der Waals surface area contributed by atoms with Gasteiger partial charge in [-0.05, 0) is 26.7 Å². The first kappa shape index (κ1) is 9.20. The summed E-state index contributed by atoms with van der Waals surface area (Å²) in [5, 5.41) is 0. The topological polar surface area (TPSA) is 26.3 Å². The van der Waals surface area contributed by atoms with Crippen molar-refractivity contribution in [2.24, 2.45) is 0 Å². The molecule has 2 heteroatoms. The van der Waals surface area contributed by atoms with Crippen LogP contribution in [-0.2, 0) is 9.53 Å². The molecule has 1 aliphatic carbocycles. The lowest BCUT2D eigenvalue weighted by atomic mass is 9.82. The summed E-state index contributed by atoms with van der Waals surface area (Å²) < 4.78 is 5.94. The van der Waals surface area contributed by atoms with E-state index in [1.165, 1.54) is 19.3 Å². The second kappa shape index (κ2) is 2.81. The summed E-state index contributed by atoms with van der Waals surface area (Å²) in [6, 6.07) is 0. The van der Waals surface area contributed by atoms with E-state index in [1.54, 1.807) is 0 Å². The van der Waals surface area contributed by atoms with Gasteiger partial charge in [-0.25, -0.2) is 0 Å². The van der Waals surface area contributed by atoms with Crippen LogP contribution in [0.2, 0.25) is 0 Å². The first-order valence-corrected chi connectivity index (χ1v) is 5.28. The van der Waals surface area contributed by atoms with Gasteiger partial charge in [0.25, 0.3) is 0 Å². The molecule has 2 aliphatic rings. The minimum Gasteiger partial charge on any atom is -0.361 e. The van der Waals surface area contributed by atoms with Crippen LogP contribution in [0, 0.1) is 0 Å². The zero-order chi connectivity index (χ0) is 9.53. The van der Waals surface area contributed by atoms with Gasteiger partial charge in [0.15, 0.2) is 5.78 Å². The highest BCUT2D eigenvalue weighted by atomic mass is 16.5. The Morgan fingerprint density at radius 2 is 1.77 bits per heavy atom. The molecular weight excluding hydrogens is 164 g/mol. The molecular formula is C11H18O2. The zero-order valence-electron chi connectivity index (χ0n) is 8.56. The van der Waals surface area contributed by atoms with Gasteiger partial charge in [-0.15, -0.1) is 0 Å². The Morgan fingerprint density at radius 3 is 2.23 bits per heavy atom. The molecule has 1 spiro atoms. The maximum absolute atomic E-state index is 11.6. The summed E-state index contributed by atoms with van der Waals surface area (Å²) in [6.07, 6.45) is 6.58. The van der Waals surface area contributed by atoms with Gasteiger partial charge in [0.2, 0.25) is 0 Å². The molecule has 0 aromatic rings. The SMILES string of the molecule is CC1(C)OC2(CCCCC2)CC1=O. The van der Waals surface area contributed by atoms with Crippen molar-refractivity contribution in [3.63, 3.8) is 0 Å². The first-order valence-electron chi connectivity index (χ1n) is 5.28. The van der Waals surface area contributed by atoms with E-state index in [9.17, 15) is 4.79 Å². The average Bonchev–Trinajstić information content (AvgIpc) is 2.23. The third-order valence-corrected chi connectivity index (χ3v) is 3.39.